The van der Waals surface area contributed by atoms with Crippen LogP contribution in [-0.4, -0.2) is 41.5 Å². The summed E-state index contributed by atoms with van der Waals surface area (Å²) in [7, 11) is 0. The van der Waals surface area contributed by atoms with Crippen LogP contribution in [0.2, 0.25) is 0 Å². The van der Waals surface area contributed by atoms with Crippen molar-refractivity contribution in [2.75, 3.05) is 13.2 Å². The number of imide groups is 1. The highest BCUT2D eigenvalue weighted by molar-refractivity contribution is 6.08. The average molecular weight is 214 g/mol. The number of carbonyl (C=O) groups is 3. The molecule has 15 heavy (non-hydrogen) atoms. The predicted molar refractivity (Wildman–Crippen MR) is 51.0 cm³/mol. The van der Waals surface area contributed by atoms with Crippen molar-refractivity contribution in [1.29, 1.82) is 0 Å². The number of urea groups is 1. The van der Waals surface area contributed by atoms with Gasteiger partial charge in [-0.2, -0.15) is 0 Å². The molecule has 1 N–H and O–H groups in total. The first-order valence-corrected chi connectivity index (χ1v) is 4.68. The average Bonchev–Trinajstić information content (AvgIpc) is 2.28. The second kappa shape index (κ2) is 3.88. The fourth-order valence-electron chi connectivity index (χ4n) is 1.30. The third kappa shape index (κ3) is 2.26. The third-order valence-electron chi connectivity index (χ3n) is 2.04. The zero-order valence-corrected chi connectivity index (χ0v) is 8.99. The lowest BCUT2D eigenvalue weighted by molar-refractivity contribution is -0.147. The van der Waals surface area contributed by atoms with Crippen molar-refractivity contribution in [1.82, 2.24) is 10.2 Å². The van der Waals surface area contributed by atoms with Crippen molar-refractivity contribution in [2.24, 2.45) is 0 Å². The minimum Gasteiger partial charge on any atom is -0.465 e. The van der Waals surface area contributed by atoms with E-state index in [0.29, 0.717) is 0 Å². The van der Waals surface area contributed by atoms with Gasteiger partial charge >= 0.3 is 12.0 Å². The maximum atomic E-state index is 11.6. The predicted octanol–water partition coefficient (Wildman–Crippen LogP) is -0.120. The molecule has 0 aromatic rings. The summed E-state index contributed by atoms with van der Waals surface area (Å²) in [6.07, 6.45) is 0. The zero-order chi connectivity index (χ0) is 11.6. The highest BCUT2D eigenvalue weighted by atomic mass is 16.5. The second-order valence-corrected chi connectivity index (χ2v) is 3.75. The van der Waals surface area contributed by atoms with Gasteiger partial charge in [-0.3, -0.25) is 14.5 Å². The Morgan fingerprint density at radius 2 is 2.07 bits per heavy atom. The van der Waals surface area contributed by atoms with Gasteiger partial charge in [-0.15, -0.1) is 0 Å². The number of esters is 1. The Bertz CT molecular complexity index is 311. The molecule has 0 radical (unpaired) electrons. The molecule has 6 nitrogen and oxygen atoms in total. The van der Waals surface area contributed by atoms with Gasteiger partial charge in [0.15, 0.2) is 0 Å². The summed E-state index contributed by atoms with van der Waals surface area (Å²) in [6, 6.07) is -0.557. The Morgan fingerprint density at radius 1 is 1.47 bits per heavy atom. The Labute approximate surface area is 87.6 Å². The summed E-state index contributed by atoms with van der Waals surface area (Å²) in [5, 5.41) is 2.47. The molecule has 84 valence electrons. The number of hydrogen-bond acceptors (Lipinski definition) is 4. The monoisotopic (exact) mass is 214 g/mol. The van der Waals surface area contributed by atoms with Gasteiger partial charge in [0.25, 0.3) is 5.91 Å². The number of ether oxygens (including phenoxy) is 1. The van der Waals surface area contributed by atoms with E-state index in [-0.39, 0.29) is 13.2 Å². The van der Waals surface area contributed by atoms with Crippen LogP contribution in [0, 0.1) is 0 Å². The molecule has 0 aliphatic carbocycles. The number of rotatable bonds is 3. The van der Waals surface area contributed by atoms with Crippen LogP contribution in [0.5, 0.6) is 0 Å². The van der Waals surface area contributed by atoms with Crippen LogP contribution in [0.3, 0.4) is 0 Å². The van der Waals surface area contributed by atoms with Crippen molar-refractivity contribution in [2.45, 2.75) is 26.3 Å². The summed E-state index contributed by atoms with van der Waals surface area (Å²) in [6.45, 7) is 4.72. The minimum absolute atomic E-state index is 0.228. The van der Waals surface area contributed by atoms with E-state index in [4.69, 9.17) is 0 Å². The molecule has 6 heteroatoms. The highest BCUT2D eigenvalue weighted by Gasteiger charge is 2.45. The van der Waals surface area contributed by atoms with E-state index in [9.17, 15) is 14.4 Å². The van der Waals surface area contributed by atoms with Crippen LogP contribution in [0.1, 0.15) is 20.8 Å². The molecule has 0 atom stereocenters. The van der Waals surface area contributed by atoms with E-state index in [1.54, 1.807) is 20.8 Å². The highest BCUT2D eigenvalue weighted by Crippen LogP contribution is 2.16. The fourth-order valence-corrected chi connectivity index (χ4v) is 1.30. The van der Waals surface area contributed by atoms with Crippen LogP contribution in [-0.2, 0) is 14.3 Å². The molecule has 0 spiro atoms. The molecular formula is C9H14N2O4. The van der Waals surface area contributed by atoms with Gasteiger partial charge in [0, 0.05) is 0 Å². The van der Waals surface area contributed by atoms with E-state index >= 15 is 0 Å². The molecule has 3 amide bonds. The first-order valence-electron chi connectivity index (χ1n) is 4.68. The summed E-state index contributed by atoms with van der Waals surface area (Å²) < 4.78 is 4.66. The number of amides is 3. The molecule has 1 aliphatic heterocycles. The molecule has 1 rings (SSSR count). The maximum absolute atomic E-state index is 11.6. The Balaban J connectivity index is 2.67. The van der Waals surface area contributed by atoms with E-state index in [1.807, 2.05) is 0 Å². The number of nitrogens with one attached hydrogen (secondary N) is 1. The van der Waals surface area contributed by atoms with Gasteiger partial charge in [0.2, 0.25) is 0 Å². The first-order chi connectivity index (χ1) is 6.88. The summed E-state index contributed by atoms with van der Waals surface area (Å²) in [4.78, 5) is 34.9. The van der Waals surface area contributed by atoms with E-state index in [1.165, 1.54) is 0 Å². The van der Waals surface area contributed by atoms with Gasteiger partial charge in [0.1, 0.15) is 12.1 Å². The Kier molecular flexibility index (Phi) is 2.97. The van der Waals surface area contributed by atoms with Gasteiger partial charge in [-0.1, -0.05) is 0 Å². The number of hydrogen-bond donors (Lipinski definition) is 1. The molecule has 0 aromatic carbocycles. The third-order valence-corrected chi connectivity index (χ3v) is 2.04. The second-order valence-electron chi connectivity index (χ2n) is 3.75. The first kappa shape index (κ1) is 11.5. The van der Waals surface area contributed by atoms with Crippen molar-refractivity contribution in [3.05, 3.63) is 0 Å². The van der Waals surface area contributed by atoms with Crippen LogP contribution >= 0.6 is 0 Å². The van der Waals surface area contributed by atoms with Crippen molar-refractivity contribution in [3.8, 4) is 0 Å². The molecule has 1 saturated heterocycles. The zero-order valence-electron chi connectivity index (χ0n) is 8.99. The standard InChI is InChI=1S/C9H14N2O4/c1-4-15-6(12)5-11-7(13)9(2,3)10-8(11)14/h4-5H2,1-3H3,(H,10,14). The molecule has 0 bridgehead atoms. The van der Waals surface area contributed by atoms with Crippen LogP contribution < -0.4 is 5.32 Å². The molecule has 0 aromatic heterocycles. The fraction of sp³-hybridized carbons (Fsp3) is 0.667. The van der Waals surface area contributed by atoms with Crippen LogP contribution in [0.4, 0.5) is 4.79 Å². The summed E-state index contributed by atoms with van der Waals surface area (Å²) in [5.74, 6) is -1.00. The van der Waals surface area contributed by atoms with E-state index in [2.05, 4.69) is 10.1 Å². The normalized spacial score (nSPS) is 19.0. The topological polar surface area (TPSA) is 75.7 Å². The maximum Gasteiger partial charge on any atom is 0.326 e. The van der Waals surface area contributed by atoms with Crippen molar-refractivity contribution < 1.29 is 19.1 Å². The lowest BCUT2D eigenvalue weighted by Crippen LogP contribution is -2.41. The van der Waals surface area contributed by atoms with Gasteiger partial charge < -0.3 is 10.1 Å². The van der Waals surface area contributed by atoms with Crippen molar-refractivity contribution >= 4 is 17.9 Å². The number of carbonyl (C=O) groups excluding carboxylic acids is 3. The Hall–Kier alpha value is -1.59. The lowest BCUT2D eigenvalue weighted by atomic mass is 10.1. The molecule has 1 aliphatic rings. The molecule has 1 heterocycles. The quantitative estimate of drug-likeness (QED) is 0.525. The van der Waals surface area contributed by atoms with Gasteiger partial charge in [-0.05, 0) is 20.8 Å². The summed E-state index contributed by atoms with van der Waals surface area (Å²) in [5.41, 5.74) is -0.941. The molecule has 0 unspecified atom stereocenters. The lowest BCUT2D eigenvalue weighted by Gasteiger charge is -2.14. The molecular weight excluding hydrogens is 200 g/mol. The largest absolute Gasteiger partial charge is 0.465 e. The van der Waals surface area contributed by atoms with Gasteiger partial charge in [-0.25, -0.2) is 4.79 Å². The Morgan fingerprint density at radius 3 is 2.47 bits per heavy atom. The van der Waals surface area contributed by atoms with Crippen molar-refractivity contribution in [3.63, 3.8) is 0 Å². The van der Waals surface area contributed by atoms with Crippen LogP contribution in [0.25, 0.3) is 0 Å². The molecule has 0 saturated carbocycles. The molecule has 1 fully saturated rings. The van der Waals surface area contributed by atoms with E-state index in [0.717, 1.165) is 4.90 Å². The smallest absolute Gasteiger partial charge is 0.326 e. The van der Waals surface area contributed by atoms with Crippen LogP contribution in [0.15, 0.2) is 0 Å². The summed E-state index contributed by atoms with van der Waals surface area (Å²) >= 11 is 0. The van der Waals surface area contributed by atoms with E-state index < -0.39 is 23.4 Å². The van der Waals surface area contributed by atoms with Gasteiger partial charge in [0.05, 0.1) is 6.61 Å². The number of nitrogens with zero attached hydrogens (tertiary/aromatic N) is 1. The minimum atomic E-state index is -0.941. The SMILES string of the molecule is CCOC(=O)CN1C(=O)NC(C)(C)C1=O.